The van der Waals surface area contributed by atoms with Crippen LogP contribution >= 0.6 is 50.7 Å². The van der Waals surface area contributed by atoms with Gasteiger partial charge in [0.25, 0.3) is 5.91 Å². The van der Waals surface area contributed by atoms with E-state index in [0.717, 1.165) is 5.56 Å². The SMILES string of the molecule is O=C(Nc1nn(Cc2ccc(Cl)cc2)cc1Br)c1ccc(COc2cccc(Cl)c2Cl)o1. The summed E-state index contributed by atoms with van der Waals surface area (Å²) in [7, 11) is 0. The molecule has 6 nitrogen and oxygen atoms in total. The first-order chi connectivity index (χ1) is 15.4. The third-order valence-corrected chi connectivity index (χ3v) is 6.01. The zero-order valence-corrected chi connectivity index (χ0v) is 20.2. The van der Waals surface area contributed by atoms with Gasteiger partial charge in [-0.05, 0) is 57.9 Å². The van der Waals surface area contributed by atoms with Crippen molar-refractivity contribution in [1.29, 1.82) is 0 Å². The monoisotopic (exact) mass is 553 g/mol. The Morgan fingerprint density at radius 2 is 1.88 bits per heavy atom. The van der Waals surface area contributed by atoms with Gasteiger partial charge in [0, 0.05) is 11.2 Å². The van der Waals surface area contributed by atoms with Gasteiger partial charge in [0.1, 0.15) is 23.1 Å². The van der Waals surface area contributed by atoms with Crippen molar-refractivity contribution in [2.45, 2.75) is 13.2 Å². The van der Waals surface area contributed by atoms with E-state index in [-0.39, 0.29) is 12.4 Å². The summed E-state index contributed by atoms with van der Waals surface area (Å²) in [6.45, 7) is 0.618. The van der Waals surface area contributed by atoms with Crippen LogP contribution in [0.5, 0.6) is 5.75 Å². The highest BCUT2D eigenvalue weighted by molar-refractivity contribution is 9.10. The molecular weight excluding hydrogens is 541 g/mol. The number of amides is 1. The molecule has 32 heavy (non-hydrogen) atoms. The molecule has 1 amide bonds. The number of aromatic nitrogens is 2. The van der Waals surface area contributed by atoms with Crippen LogP contribution in [0.25, 0.3) is 0 Å². The lowest BCUT2D eigenvalue weighted by atomic mass is 10.2. The molecule has 10 heteroatoms. The third kappa shape index (κ3) is 5.48. The minimum atomic E-state index is -0.436. The molecule has 4 rings (SSSR count). The number of anilines is 1. The van der Waals surface area contributed by atoms with Gasteiger partial charge in [0.15, 0.2) is 11.6 Å². The van der Waals surface area contributed by atoms with E-state index in [1.165, 1.54) is 0 Å². The van der Waals surface area contributed by atoms with Crippen LogP contribution in [0, 0.1) is 0 Å². The smallest absolute Gasteiger partial charge is 0.292 e. The summed E-state index contributed by atoms with van der Waals surface area (Å²) in [6, 6.07) is 15.8. The van der Waals surface area contributed by atoms with Crippen LogP contribution in [0.3, 0.4) is 0 Å². The van der Waals surface area contributed by atoms with Crippen molar-refractivity contribution >= 4 is 62.5 Å². The van der Waals surface area contributed by atoms with Crippen LogP contribution in [0.1, 0.15) is 21.9 Å². The Kier molecular flexibility index (Phi) is 7.10. The maximum atomic E-state index is 12.6. The van der Waals surface area contributed by atoms with Crippen molar-refractivity contribution in [1.82, 2.24) is 9.78 Å². The number of hydrogen-bond donors (Lipinski definition) is 1. The normalized spacial score (nSPS) is 10.9. The van der Waals surface area contributed by atoms with Gasteiger partial charge in [-0.3, -0.25) is 9.48 Å². The number of nitrogens with zero attached hydrogens (tertiary/aromatic N) is 2. The molecule has 0 unspecified atom stereocenters. The summed E-state index contributed by atoms with van der Waals surface area (Å²) in [5.74, 6) is 0.952. The fourth-order valence-electron chi connectivity index (χ4n) is 2.83. The van der Waals surface area contributed by atoms with E-state index in [1.54, 1.807) is 41.2 Å². The lowest BCUT2D eigenvalue weighted by Gasteiger charge is -2.07. The maximum absolute atomic E-state index is 12.6. The Labute approximate surface area is 207 Å². The second-order valence-electron chi connectivity index (χ2n) is 6.71. The molecule has 2 aromatic carbocycles. The predicted octanol–water partition coefficient (Wildman–Crippen LogP) is 7.08. The summed E-state index contributed by atoms with van der Waals surface area (Å²) in [5, 5.41) is 8.52. The molecule has 0 saturated heterocycles. The van der Waals surface area contributed by atoms with Crippen molar-refractivity contribution in [2.24, 2.45) is 0 Å². The molecule has 0 aliphatic carbocycles. The van der Waals surface area contributed by atoms with Gasteiger partial charge < -0.3 is 14.5 Å². The highest BCUT2D eigenvalue weighted by atomic mass is 79.9. The van der Waals surface area contributed by atoms with Crippen molar-refractivity contribution in [3.8, 4) is 5.75 Å². The summed E-state index contributed by atoms with van der Waals surface area (Å²) in [5.41, 5.74) is 1.03. The molecule has 0 atom stereocenters. The van der Waals surface area contributed by atoms with E-state index in [2.05, 4.69) is 26.3 Å². The van der Waals surface area contributed by atoms with E-state index in [9.17, 15) is 4.79 Å². The van der Waals surface area contributed by atoms with Crippen molar-refractivity contribution in [3.05, 3.63) is 97.4 Å². The number of benzene rings is 2. The first-order valence-corrected chi connectivity index (χ1v) is 11.3. The number of hydrogen-bond acceptors (Lipinski definition) is 4. The van der Waals surface area contributed by atoms with E-state index in [0.29, 0.717) is 43.4 Å². The molecule has 0 spiro atoms. The van der Waals surface area contributed by atoms with E-state index >= 15 is 0 Å². The third-order valence-electron chi connectivity index (χ3n) is 4.38. The molecule has 2 heterocycles. The average molecular weight is 556 g/mol. The van der Waals surface area contributed by atoms with Crippen LogP contribution in [0.2, 0.25) is 15.1 Å². The van der Waals surface area contributed by atoms with E-state index in [4.69, 9.17) is 44.0 Å². The largest absolute Gasteiger partial charge is 0.484 e. The van der Waals surface area contributed by atoms with Gasteiger partial charge in [-0.2, -0.15) is 5.10 Å². The first kappa shape index (κ1) is 22.7. The van der Waals surface area contributed by atoms with Crippen molar-refractivity contribution in [2.75, 3.05) is 5.32 Å². The van der Waals surface area contributed by atoms with Gasteiger partial charge >= 0.3 is 0 Å². The molecule has 0 aliphatic heterocycles. The number of ether oxygens (including phenoxy) is 1. The number of halogens is 4. The standard InChI is InChI=1S/C22H15BrCl3N3O3/c23-16-11-29(10-13-4-6-14(24)7-5-13)28-21(16)27-22(30)19-9-8-15(32-19)12-31-18-3-1-2-17(25)20(18)26/h1-9,11H,10,12H2,(H,27,28,30). The second-order valence-corrected chi connectivity index (χ2v) is 8.79. The van der Waals surface area contributed by atoms with Crippen molar-refractivity contribution in [3.63, 3.8) is 0 Å². The molecule has 0 fully saturated rings. The number of carbonyl (C=O) groups is 1. The van der Waals surface area contributed by atoms with Crippen LogP contribution in [-0.4, -0.2) is 15.7 Å². The zero-order valence-electron chi connectivity index (χ0n) is 16.3. The Bertz CT molecular complexity index is 1260. The summed E-state index contributed by atoms with van der Waals surface area (Å²) in [4.78, 5) is 12.6. The molecule has 0 radical (unpaired) electrons. The van der Waals surface area contributed by atoms with Gasteiger partial charge in [0.2, 0.25) is 0 Å². The highest BCUT2D eigenvalue weighted by Gasteiger charge is 2.16. The maximum Gasteiger partial charge on any atom is 0.292 e. The molecule has 4 aromatic rings. The van der Waals surface area contributed by atoms with Crippen molar-refractivity contribution < 1.29 is 13.9 Å². The molecule has 0 aliphatic rings. The summed E-state index contributed by atoms with van der Waals surface area (Å²) < 4.78 is 13.6. The fourth-order valence-corrected chi connectivity index (χ4v) is 3.72. The van der Waals surface area contributed by atoms with Gasteiger partial charge in [-0.1, -0.05) is 53.0 Å². The minimum Gasteiger partial charge on any atom is -0.484 e. The van der Waals surface area contributed by atoms with Crippen LogP contribution in [-0.2, 0) is 13.2 Å². The minimum absolute atomic E-state index is 0.0900. The zero-order chi connectivity index (χ0) is 22.7. The van der Waals surface area contributed by atoms with E-state index in [1.807, 2.05) is 24.3 Å². The molecule has 2 aromatic heterocycles. The number of rotatable bonds is 7. The molecule has 0 bridgehead atoms. The Morgan fingerprint density at radius 3 is 2.66 bits per heavy atom. The molecular formula is C22H15BrCl3N3O3. The predicted molar refractivity (Wildman–Crippen MR) is 128 cm³/mol. The van der Waals surface area contributed by atoms with Gasteiger partial charge in [-0.15, -0.1) is 0 Å². The van der Waals surface area contributed by atoms with Gasteiger partial charge in [0.05, 0.1) is 16.0 Å². The lowest BCUT2D eigenvalue weighted by Crippen LogP contribution is -2.12. The Balaban J connectivity index is 1.38. The van der Waals surface area contributed by atoms with Crippen LogP contribution in [0.4, 0.5) is 5.82 Å². The fraction of sp³-hybridized carbons (Fsp3) is 0.0909. The van der Waals surface area contributed by atoms with Crippen LogP contribution in [0.15, 0.2) is 69.7 Å². The quantitative estimate of drug-likeness (QED) is 0.265. The molecule has 0 saturated carbocycles. The molecule has 164 valence electrons. The lowest BCUT2D eigenvalue weighted by molar-refractivity contribution is 0.0992. The second kappa shape index (κ2) is 10.0. The Hall–Kier alpha value is -2.45. The molecule has 1 N–H and O–H groups in total. The number of carbonyl (C=O) groups excluding carboxylic acids is 1. The highest BCUT2D eigenvalue weighted by Crippen LogP contribution is 2.32. The summed E-state index contributed by atoms with van der Waals surface area (Å²) >= 11 is 21.4. The number of furan rings is 1. The summed E-state index contributed by atoms with van der Waals surface area (Å²) in [6.07, 6.45) is 1.78. The average Bonchev–Trinajstić information content (AvgIpc) is 3.37. The number of nitrogens with one attached hydrogen (secondary N) is 1. The topological polar surface area (TPSA) is 69.3 Å². The first-order valence-electron chi connectivity index (χ1n) is 9.33. The van der Waals surface area contributed by atoms with Crippen LogP contribution < -0.4 is 10.1 Å². The Morgan fingerprint density at radius 1 is 1.09 bits per heavy atom. The van der Waals surface area contributed by atoms with Gasteiger partial charge in [-0.25, -0.2) is 0 Å². The van der Waals surface area contributed by atoms with E-state index < -0.39 is 5.91 Å².